The SMILES string of the molecule is CC(C)(C)OC(=O)N1C(C(=O)NCc2ccccc2)CSC1c1ccc(Cl)cc1. The van der Waals surface area contributed by atoms with Gasteiger partial charge in [0.15, 0.2) is 0 Å². The van der Waals surface area contributed by atoms with E-state index in [1.54, 1.807) is 28.8 Å². The number of hydrogen-bond donors (Lipinski definition) is 1. The van der Waals surface area contributed by atoms with Gasteiger partial charge in [0.1, 0.15) is 17.0 Å². The molecule has 29 heavy (non-hydrogen) atoms. The Bertz CT molecular complexity index is 853. The van der Waals surface area contributed by atoms with Crippen molar-refractivity contribution in [2.24, 2.45) is 0 Å². The number of nitrogens with one attached hydrogen (secondary N) is 1. The van der Waals surface area contributed by atoms with Crippen LogP contribution in [0.15, 0.2) is 54.6 Å². The zero-order chi connectivity index (χ0) is 21.0. The Balaban J connectivity index is 1.79. The van der Waals surface area contributed by atoms with Crippen molar-refractivity contribution in [2.75, 3.05) is 5.75 Å². The lowest BCUT2D eigenvalue weighted by atomic mass is 10.1. The average molecular weight is 433 g/mol. The number of amides is 2. The predicted octanol–water partition coefficient (Wildman–Crippen LogP) is 5.01. The van der Waals surface area contributed by atoms with Crippen molar-refractivity contribution in [3.63, 3.8) is 0 Å². The van der Waals surface area contributed by atoms with Crippen molar-refractivity contribution in [1.29, 1.82) is 0 Å². The lowest BCUT2D eigenvalue weighted by molar-refractivity contribution is -0.125. The Morgan fingerprint density at radius 3 is 2.41 bits per heavy atom. The fraction of sp³-hybridized carbons (Fsp3) is 0.364. The first-order valence-corrected chi connectivity index (χ1v) is 10.9. The smallest absolute Gasteiger partial charge is 0.412 e. The normalized spacial score (nSPS) is 19.1. The minimum atomic E-state index is -0.653. The van der Waals surface area contributed by atoms with Gasteiger partial charge in [-0.2, -0.15) is 0 Å². The minimum Gasteiger partial charge on any atom is -0.444 e. The number of benzene rings is 2. The largest absolute Gasteiger partial charge is 0.444 e. The summed E-state index contributed by atoms with van der Waals surface area (Å²) < 4.78 is 5.61. The highest BCUT2D eigenvalue weighted by Gasteiger charge is 2.44. The number of nitrogens with zero attached hydrogens (tertiary/aromatic N) is 1. The lowest BCUT2D eigenvalue weighted by Crippen LogP contribution is -2.49. The summed E-state index contributed by atoms with van der Waals surface area (Å²) in [5.74, 6) is 0.302. The van der Waals surface area contributed by atoms with Gasteiger partial charge < -0.3 is 10.1 Å². The van der Waals surface area contributed by atoms with E-state index in [0.29, 0.717) is 17.3 Å². The van der Waals surface area contributed by atoms with Gasteiger partial charge in [-0.25, -0.2) is 4.79 Å². The standard InChI is InChI=1S/C22H25ClN2O3S/c1-22(2,3)28-21(27)25-18(19(26)24-13-15-7-5-4-6-8-15)14-29-20(25)16-9-11-17(23)12-10-16/h4-12,18,20H,13-14H2,1-3H3,(H,24,26). The third-order valence-corrected chi connectivity index (χ3v) is 5.95. The Labute approximate surface area is 180 Å². The molecular formula is C22H25ClN2O3S. The second-order valence-electron chi connectivity index (χ2n) is 7.84. The molecule has 154 valence electrons. The Kier molecular flexibility index (Phi) is 6.75. The summed E-state index contributed by atoms with van der Waals surface area (Å²) in [6.45, 7) is 5.86. The quantitative estimate of drug-likeness (QED) is 0.737. The zero-order valence-electron chi connectivity index (χ0n) is 16.7. The maximum Gasteiger partial charge on any atom is 0.412 e. The summed E-state index contributed by atoms with van der Waals surface area (Å²) in [6.07, 6.45) is -0.498. The number of carbonyl (C=O) groups excluding carboxylic acids is 2. The zero-order valence-corrected chi connectivity index (χ0v) is 18.3. The summed E-state index contributed by atoms with van der Waals surface area (Å²) in [6, 6.07) is 16.4. The molecule has 3 rings (SSSR count). The molecule has 2 amide bonds. The topological polar surface area (TPSA) is 58.6 Å². The summed E-state index contributed by atoms with van der Waals surface area (Å²) in [5, 5.41) is 3.26. The maximum atomic E-state index is 13.0. The van der Waals surface area contributed by atoms with E-state index < -0.39 is 17.7 Å². The molecule has 1 heterocycles. The van der Waals surface area contributed by atoms with Crippen LogP contribution in [0.3, 0.4) is 0 Å². The van der Waals surface area contributed by atoms with Gasteiger partial charge in [-0.1, -0.05) is 54.1 Å². The van der Waals surface area contributed by atoms with E-state index in [4.69, 9.17) is 16.3 Å². The van der Waals surface area contributed by atoms with Crippen LogP contribution >= 0.6 is 23.4 Å². The van der Waals surface area contributed by atoms with Crippen molar-refractivity contribution >= 4 is 35.4 Å². The van der Waals surface area contributed by atoms with Crippen molar-refractivity contribution in [3.05, 3.63) is 70.7 Å². The molecule has 0 bridgehead atoms. The van der Waals surface area contributed by atoms with Crippen molar-refractivity contribution in [1.82, 2.24) is 10.2 Å². The van der Waals surface area contributed by atoms with Crippen LogP contribution in [0.25, 0.3) is 0 Å². The average Bonchev–Trinajstić information content (AvgIpc) is 3.11. The van der Waals surface area contributed by atoms with E-state index in [-0.39, 0.29) is 11.3 Å². The molecule has 0 spiro atoms. The third-order valence-electron chi connectivity index (χ3n) is 4.37. The second-order valence-corrected chi connectivity index (χ2v) is 9.39. The number of halogens is 1. The van der Waals surface area contributed by atoms with Crippen molar-refractivity contribution in [2.45, 2.75) is 44.3 Å². The molecule has 0 saturated carbocycles. The molecule has 1 aliphatic rings. The fourth-order valence-electron chi connectivity index (χ4n) is 3.03. The number of thioether (sulfide) groups is 1. The molecule has 2 aromatic rings. The summed E-state index contributed by atoms with van der Waals surface area (Å²) in [4.78, 5) is 27.5. The van der Waals surface area contributed by atoms with Crippen LogP contribution in [0.5, 0.6) is 0 Å². The third kappa shape index (κ3) is 5.67. The number of carbonyl (C=O) groups is 2. The lowest BCUT2D eigenvalue weighted by Gasteiger charge is -2.31. The Morgan fingerprint density at radius 1 is 1.14 bits per heavy atom. The van der Waals surface area contributed by atoms with Crippen LogP contribution in [0.2, 0.25) is 5.02 Å². The molecule has 1 fully saturated rings. The second kappa shape index (κ2) is 9.09. The van der Waals surface area contributed by atoms with E-state index in [0.717, 1.165) is 11.1 Å². The minimum absolute atomic E-state index is 0.191. The first kappa shape index (κ1) is 21.5. The van der Waals surface area contributed by atoms with E-state index in [1.165, 1.54) is 0 Å². The fourth-order valence-corrected chi connectivity index (χ4v) is 4.58. The molecule has 2 atom stereocenters. The van der Waals surface area contributed by atoms with Gasteiger partial charge in [-0.15, -0.1) is 11.8 Å². The first-order valence-electron chi connectivity index (χ1n) is 9.44. The molecular weight excluding hydrogens is 408 g/mol. The van der Waals surface area contributed by atoms with Gasteiger partial charge >= 0.3 is 6.09 Å². The molecule has 0 aliphatic carbocycles. The van der Waals surface area contributed by atoms with Crippen molar-refractivity contribution < 1.29 is 14.3 Å². The molecule has 2 unspecified atom stereocenters. The molecule has 1 N–H and O–H groups in total. The van der Waals surface area contributed by atoms with Crippen LogP contribution in [-0.2, 0) is 16.1 Å². The van der Waals surface area contributed by atoms with Crippen molar-refractivity contribution in [3.8, 4) is 0 Å². The van der Waals surface area contributed by atoms with Gasteiger partial charge in [0.05, 0.1) is 0 Å². The van der Waals surface area contributed by atoms with E-state index in [2.05, 4.69) is 5.32 Å². The monoisotopic (exact) mass is 432 g/mol. The number of rotatable bonds is 4. The van der Waals surface area contributed by atoms with Crippen LogP contribution in [-0.4, -0.2) is 34.3 Å². The van der Waals surface area contributed by atoms with Crippen LogP contribution < -0.4 is 5.32 Å². The number of ether oxygens (including phenoxy) is 1. The Morgan fingerprint density at radius 2 is 1.79 bits per heavy atom. The first-order chi connectivity index (χ1) is 13.7. The molecule has 2 aromatic carbocycles. The molecule has 1 saturated heterocycles. The Hall–Kier alpha value is -2.18. The highest BCUT2D eigenvalue weighted by Crippen LogP contribution is 2.42. The van der Waals surface area contributed by atoms with Crippen LogP contribution in [0.4, 0.5) is 4.79 Å². The summed E-state index contributed by atoms with van der Waals surface area (Å²) in [5.41, 5.74) is 1.26. The van der Waals surface area contributed by atoms with Gasteiger partial charge in [0.25, 0.3) is 0 Å². The summed E-state index contributed by atoms with van der Waals surface area (Å²) in [7, 11) is 0. The highest BCUT2D eigenvalue weighted by molar-refractivity contribution is 7.99. The van der Waals surface area contributed by atoms with Gasteiger partial charge in [-0.3, -0.25) is 9.69 Å². The molecule has 0 radical (unpaired) electrons. The molecule has 5 nitrogen and oxygen atoms in total. The number of hydrogen-bond acceptors (Lipinski definition) is 4. The molecule has 1 aliphatic heterocycles. The van der Waals surface area contributed by atoms with Gasteiger partial charge in [-0.05, 0) is 44.0 Å². The van der Waals surface area contributed by atoms with E-state index >= 15 is 0 Å². The maximum absolute atomic E-state index is 13.0. The van der Waals surface area contributed by atoms with Crippen LogP contribution in [0, 0.1) is 0 Å². The highest BCUT2D eigenvalue weighted by atomic mass is 35.5. The van der Waals surface area contributed by atoms with Crippen LogP contribution in [0.1, 0.15) is 37.3 Å². The van der Waals surface area contributed by atoms with Gasteiger partial charge in [0.2, 0.25) is 5.91 Å². The van der Waals surface area contributed by atoms with E-state index in [1.807, 2.05) is 63.2 Å². The molecule has 7 heteroatoms. The van der Waals surface area contributed by atoms with Gasteiger partial charge in [0, 0.05) is 17.3 Å². The summed E-state index contributed by atoms with van der Waals surface area (Å²) >= 11 is 7.55. The molecule has 0 aromatic heterocycles. The van der Waals surface area contributed by atoms with E-state index in [9.17, 15) is 9.59 Å². The predicted molar refractivity (Wildman–Crippen MR) is 117 cm³/mol.